The van der Waals surface area contributed by atoms with Crippen molar-refractivity contribution in [1.29, 1.82) is 0 Å². The maximum Gasteiger partial charge on any atom is 0.341 e. The summed E-state index contributed by atoms with van der Waals surface area (Å²) in [6, 6.07) is 10.1. The molecule has 13 heteroatoms. The van der Waals surface area contributed by atoms with E-state index in [-0.39, 0.29) is 24.8 Å². The fourth-order valence-corrected chi connectivity index (χ4v) is 12.4. The van der Waals surface area contributed by atoms with E-state index in [1.54, 1.807) is 13.2 Å². The summed E-state index contributed by atoms with van der Waals surface area (Å²) >= 11 is 0. The molecular formula is C45H56FN3O9. The van der Waals surface area contributed by atoms with E-state index < -0.39 is 57.3 Å². The number of carbonyl (C=O) groups is 3. The SMILES string of the molecule is CC[C@]1(O)C[C@@H]2CN(CCc3c([nH]c4ccc(F)cc34)[C@@](C(=O)OC)(c3cc([C@]45CCN6CC=C[C@](CC)([C@H]64)[C@@H](OC(C)=O)C(O)(C(=O)OC)C5)ccc3OC)C2)C1. The van der Waals surface area contributed by atoms with Crippen molar-refractivity contribution in [3.05, 3.63) is 76.8 Å². The number of aromatic amines is 1. The third kappa shape index (κ3) is 5.85. The third-order valence-electron chi connectivity index (χ3n) is 14.6. The molecule has 5 aliphatic rings. The Labute approximate surface area is 338 Å². The van der Waals surface area contributed by atoms with Gasteiger partial charge in [0.2, 0.25) is 5.60 Å². The van der Waals surface area contributed by atoms with Crippen molar-refractivity contribution < 1.29 is 47.9 Å². The number of H-pyrrole nitrogens is 1. The highest BCUT2D eigenvalue weighted by atomic mass is 19.1. The monoisotopic (exact) mass is 801 g/mol. The van der Waals surface area contributed by atoms with E-state index in [0.29, 0.717) is 92.7 Å². The summed E-state index contributed by atoms with van der Waals surface area (Å²) in [5, 5.41) is 25.3. The number of hydrogen-bond acceptors (Lipinski definition) is 11. The minimum atomic E-state index is -2.23. The minimum Gasteiger partial charge on any atom is -0.496 e. The summed E-state index contributed by atoms with van der Waals surface area (Å²) in [5.41, 5.74) is -3.30. The number of benzene rings is 2. The maximum atomic E-state index is 15.2. The van der Waals surface area contributed by atoms with E-state index in [0.717, 1.165) is 11.1 Å². The van der Waals surface area contributed by atoms with Crippen LogP contribution in [0.2, 0.25) is 0 Å². The quantitative estimate of drug-likeness (QED) is 0.165. The number of esters is 3. The van der Waals surface area contributed by atoms with Crippen molar-refractivity contribution in [2.45, 2.75) is 99.9 Å². The van der Waals surface area contributed by atoms with E-state index >= 15 is 9.18 Å². The molecule has 0 radical (unpaired) electrons. The Morgan fingerprint density at radius 2 is 1.76 bits per heavy atom. The van der Waals surface area contributed by atoms with Crippen LogP contribution in [0.5, 0.6) is 5.75 Å². The number of methoxy groups -OCH3 is 3. The highest BCUT2D eigenvalue weighted by molar-refractivity contribution is 5.94. The molecule has 58 heavy (non-hydrogen) atoms. The highest BCUT2D eigenvalue weighted by Crippen LogP contribution is 2.63. The first-order valence-corrected chi connectivity index (χ1v) is 20.6. The van der Waals surface area contributed by atoms with Crippen LogP contribution in [-0.2, 0) is 45.8 Å². The van der Waals surface area contributed by atoms with E-state index in [4.69, 9.17) is 18.9 Å². The molecule has 312 valence electrons. The van der Waals surface area contributed by atoms with Crippen molar-refractivity contribution in [2.24, 2.45) is 11.3 Å². The van der Waals surface area contributed by atoms with Gasteiger partial charge in [-0.15, -0.1) is 0 Å². The molecule has 1 aliphatic carbocycles. The number of aliphatic hydroxyl groups is 2. The molecule has 0 spiro atoms. The molecule has 12 nitrogen and oxygen atoms in total. The van der Waals surface area contributed by atoms with Crippen LogP contribution in [0.15, 0.2) is 48.6 Å². The summed E-state index contributed by atoms with van der Waals surface area (Å²) in [7, 11) is 4.15. The Bertz CT molecular complexity index is 2170. The number of nitrogens with one attached hydrogen (secondary N) is 1. The number of fused-ring (bicyclic) bond motifs is 5. The lowest BCUT2D eigenvalue weighted by atomic mass is 9.49. The van der Waals surface area contributed by atoms with Gasteiger partial charge in [0, 0.05) is 78.6 Å². The van der Waals surface area contributed by atoms with Gasteiger partial charge in [-0.05, 0) is 92.4 Å². The molecule has 2 saturated heterocycles. The lowest BCUT2D eigenvalue weighted by Gasteiger charge is -2.61. The number of aromatic nitrogens is 1. The topological polar surface area (TPSA) is 151 Å². The van der Waals surface area contributed by atoms with Gasteiger partial charge >= 0.3 is 17.9 Å². The molecule has 8 rings (SSSR count). The summed E-state index contributed by atoms with van der Waals surface area (Å²) < 4.78 is 38.4. The fourth-order valence-electron chi connectivity index (χ4n) is 12.4. The Morgan fingerprint density at radius 3 is 2.45 bits per heavy atom. The number of halogens is 1. The first-order chi connectivity index (χ1) is 27.7. The molecule has 9 atom stereocenters. The van der Waals surface area contributed by atoms with Crippen LogP contribution in [0.4, 0.5) is 4.39 Å². The second-order valence-corrected chi connectivity index (χ2v) is 17.6. The van der Waals surface area contributed by atoms with Gasteiger partial charge in [0.15, 0.2) is 6.10 Å². The first-order valence-electron chi connectivity index (χ1n) is 20.6. The number of piperidine rings is 1. The Morgan fingerprint density at radius 1 is 0.983 bits per heavy atom. The molecule has 3 aromatic rings. The average molecular weight is 802 g/mol. The zero-order valence-corrected chi connectivity index (χ0v) is 34.4. The highest BCUT2D eigenvalue weighted by Gasteiger charge is 2.73. The Balaban J connectivity index is 1.42. The van der Waals surface area contributed by atoms with Crippen molar-refractivity contribution in [2.75, 3.05) is 54.1 Å². The standard InChI is InChI=1S/C45H56FN3O9/c1-7-41(53)22-28-23-44(39(51)56-5,36-31(14-18-48(24-28)26-41)32-21-30(46)11-12-34(32)47-36)33-20-29(10-13-35(33)55-4)43-16-19-49-17-9-15-42(8-2,37(43)49)38(58-27(3)50)45(54,25-43)40(52)57-6/h9-13,15,20-21,28,37-38,47,53-54H,7-8,14,16-19,22-26H2,1-6H3/t28-,37-,38+,41-,42+,43+,44-,45?/m0/s1. The van der Waals surface area contributed by atoms with Gasteiger partial charge in [-0.3, -0.25) is 19.4 Å². The second-order valence-electron chi connectivity index (χ2n) is 17.6. The predicted molar refractivity (Wildman–Crippen MR) is 213 cm³/mol. The minimum absolute atomic E-state index is 0.115. The first kappa shape index (κ1) is 40.5. The van der Waals surface area contributed by atoms with Crippen molar-refractivity contribution in [1.82, 2.24) is 14.8 Å². The second kappa shape index (κ2) is 14.5. The summed E-state index contributed by atoms with van der Waals surface area (Å²) in [5.74, 6) is -2.18. The fraction of sp³-hybridized carbons (Fsp3) is 0.578. The Kier molecular flexibility index (Phi) is 10.1. The molecule has 3 N–H and O–H groups in total. The lowest BCUT2D eigenvalue weighted by Crippen LogP contribution is -2.73. The normalized spacial score (nSPS) is 35.5. The summed E-state index contributed by atoms with van der Waals surface area (Å²) in [6.07, 6.45) is 5.37. The van der Waals surface area contributed by atoms with Gasteiger partial charge in [-0.2, -0.15) is 0 Å². The number of nitrogens with zero attached hydrogens (tertiary/aromatic N) is 2. The largest absolute Gasteiger partial charge is 0.496 e. The zero-order chi connectivity index (χ0) is 41.4. The number of carbonyl (C=O) groups excluding carboxylic acids is 3. The van der Waals surface area contributed by atoms with Crippen molar-refractivity contribution >= 4 is 28.8 Å². The van der Waals surface area contributed by atoms with Crippen LogP contribution < -0.4 is 4.74 Å². The molecule has 3 fully saturated rings. The maximum absolute atomic E-state index is 15.2. The van der Waals surface area contributed by atoms with Crippen molar-refractivity contribution in [3.8, 4) is 5.75 Å². The summed E-state index contributed by atoms with van der Waals surface area (Å²) in [4.78, 5) is 50.1. The van der Waals surface area contributed by atoms with Gasteiger partial charge in [-0.25, -0.2) is 9.18 Å². The number of ether oxygens (including phenoxy) is 4. The third-order valence-corrected chi connectivity index (χ3v) is 14.6. The van der Waals surface area contributed by atoms with Crippen LogP contribution in [0, 0.1) is 17.2 Å². The van der Waals surface area contributed by atoms with Gasteiger partial charge in [0.05, 0.1) is 26.9 Å². The van der Waals surface area contributed by atoms with E-state index in [2.05, 4.69) is 14.8 Å². The predicted octanol–water partition coefficient (Wildman–Crippen LogP) is 4.70. The van der Waals surface area contributed by atoms with E-state index in [1.165, 1.54) is 33.3 Å². The smallest absolute Gasteiger partial charge is 0.341 e. The van der Waals surface area contributed by atoms with Gasteiger partial charge < -0.3 is 34.1 Å². The molecular weight excluding hydrogens is 746 g/mol. The van der Waals surface area contributed by atoms with Gasteiger partial charge in [-0.1, -0.05) is 32.1 Å². The molecule has 5 heterocycles. The average Bonchev–Trinajstić information content (AvgIpc) is 3.79. The summed E-state index contributed by atoms with van der Waals surface area (Å²) in [6.45, 7) is 8.21. The van der Waals surface area contributed by atoms with E-state index in [1.807, 2.05) is 44.2 Å². The van der Waals surface area contributed by atoms with Gasteiger partial charge in [0.1, 0.15) is 17.0 Å². The zero-order valence-electron chi connectivity index (χ0n) is 34.4. The Hall–Kier alpha value is -4.30. The van der Waals surface area contributed by atoms with E-state index in [9.17, 15) is 19.8 Å². The molecule has 1 aromatic heterocycles. The van der Waals surface area contributed by atoms with Crippen LogP contribution in [-0.4, -0.2) is 120 Å². The van der Waals surface area contributed by atoms with Crippen LogP contribution in [0.3, 0.4) is 0 Å². The van der Waals surface area contributed by atoms with Crippen LogP contribution in [0.25, 0.3) is 10.9 Å². The number of hydrogen-bond donors (Lipinski definition) is 3. The van der Waals surface area contributed by atoms with Crippen LogP contribution in [0.1, 0.15) is 81.7 Å². The number of rotatable bonds is 8. The molecule has 2 bridgehead atoms. The molecule has 2 aromatic carbocycles. The molecule has 0 amide bonds. The van der Waals surface area contributed by atoms with Crippen LogP contribution >= 0.6 is 0 Å². The molecule has 2 unspecified atom stereocenters. The lowest BCUT2D eigenvalue weighted by molar-refractivity contribution is -0.224. The van der Waals surface area contributed by atoms with Crippen molar-refractivity contribution in [3.63, 3.8) is 0 Å². The molecule has 4 aliphatic heterocycles. The molecule has 1 saturated carbocycles. The van der Waals surface area contributed by atoms with Gasteiger partial charge in [0.25, 0.3) is 0 Å².